The maximum atomic E-state index is 5.76. The van der Waals surface area contributed by atoms with Crippen molar-refractivity contribution in [1.82, 2.24) is 4.98 Å². The second-order valence-electron chi connectivity index (χ2n) is 4.38. The van der Waals surface area contributed by atoms with E-state index in [0.29, 0.717) is 11.6 Å². The molecule has 1 aromatic carbocycles. The van der Waals surface area contributed by atoms with E-state index < -0.39 is 0 Å². The van der Waals surface area contributed by atoms with Gasteiger partial charge in [-0.3, -0.25) is 0 Å². The Labute approximate surface area is 107 Å². The summed E-state index contributed by atoms with van der Waals surface area (Å²) in [6, 6.07) is 9.70. The lowest BCUT2D eigenvalue weighted by Crippen LogP contribution is -2.08. The van der Waals surface area contributed by atoms with E-state index in [4.69, 9.17) is 10.5 Å². The van der Waals surface area contributed by atoms with Crippen molar-refractivity contribution >= 4 is 11.4 Å². The molecule has 0 radical (unpaired) electrons. The van der Waals surface area contributed by atoms with Crippen molar-refractivity contribution < 1.29 is 4.74 Å². The largest absolute Gasteiger partial charge is 0.439 e. The molecule has 0 amide bonds. The fourth-order valence-corrected chi connectivity index (χ4v) is 1.63. The van der Waals surface area contributed by atoms with E-state index in [2.05, 4.69) is 4.98 Å². The van der Waals surface area contributed by atoms with Crippen LogP contribution in [0.25, 0.3) is 0 Å². The van der Waals surface area contributed by atoms with Gasteiger partial charge in [-0.25, -0.2) is 4.98 Å². The summed E-state index contributed by atoms with van der Waals surface area (Å²) < 4.78 is 5.76. The summed E-state index contributed by atoms with van der Waals surface area (Å²) >= 11 is 0. The summed E-state index contributed by atoms with van der Waals surface area (Å²) in [5.74, 6) is 1.35. The first-order valence-corrected chi connectivity index (χ1v) is 5.73. The number of aromatic nitrogens is 1. The molecule has 0 bridgehead atoms. The Morgan fingerprint density at radius 1 is 1.22 bits per heavy atom. The Morgan fingerprint density at radius 3 is 2.67 bits per heavy atom. The highest BCUT2D eigenvalue weighted by atomic mass is 16.5. The maximum Gasteiger partial charge on any atom is 0.222 e. The van der Waals surface area contributed by atoms with Crippen LogP contribution in [0.5, 0.6) is 11.6 Å². The van der Waals surface area contributed by atoms with E-state index in [0.717, 1.165) is 17.0 Å². The molecule has 4 nitrogen and oxygen atoms in total. The van der Waals surface area contributed by atoms with Crippen molar-refractivity contribution in [3.8, 4) is 11.6 Å². The van der Waals surface area contributed by atoms with E-state index in [-0.39, 0.29) is 0 Å². The van der Waals surface area contributed by atoms with Gasteiger partial charge in [0.05, 0.1) is 11.9 Å². The van der Waals surface area contributed by atoms with Crippen LogP contribution >= 0.6 is 0 Å². The van der Waals surface area contributed by atoms with Crippen molar-refractivity contribution in [2.75, 3.05) is 24.7 Å². The number of hydrogen-bond acceptors (Lipinski definition) is 4. The summed E-state index contributed by atoms with van der Waals surface area (Å²) in [4.78, 5) is 6.21. The number of hydrogen-bond donors (Lipinski definition) is 1. The Hall–Kier alpha value is -2.23. The molecular weight excluding hydrogens is 226 g/mol. The van der Waals surface area contributed by atoms with Gasteiger partial charge in [-0.05, 0) is 25.1 Å². The summed E-state index contributed by atoms with van der Waals surface area (Å²) in [6.07, 6.45) is 1.60. The van der Waals surface area contributed by atoms with Gasteiger partial charge >= 0.3 is 0 Å². The SMILES string of the molecule is Cc1cc(N)cnc1Oc1cccc(N(C)C)c1. The van der Waals surface area contributed by atoms with Crippen molar-refractivity contribution in [3.63, 3.8) is 0 Å². The molecule has 0 fully saturated rings. The Morgan fingerprint density at radius 2 is 2.00 bits per heavy atom. The van der Waals surface area contributed by atoms with Crippen LogP contribution in [-0.2, 0) is 0 Å². The molecule has 0 atom stereocenters. The van der Waals surface area contributed by atoms with Gasteiger partial charge in [0.1, 0.15) is 5.75 Å². The zero-order chi connectivity index (χ0) is 13.1. The molecule has 2 aromatic rings. The minimum Gasteiger partial charge on any atom is -0.439 e. The average molecular weight is 243 g/mol. The smallest absolute Gasteiger partial charge is 0.222 e. The molecule has 0 aliphatic carbocycles. The van der Waals surface area contributed by atoms with Crippen LogP contribution in [-0.4, -0.2) is 19.1 Å². The second kappa shape index (κ2) is 4.96. The fourth-order valence-electron chi connectivity index (χ4n) is 1.63. The molecule has 4 heteroatoms. The molecule has 0 aliphatic rings. The van der Waals surface area contributed by atoms with Gasteiger partial charge in [0.2, 0.25) is 5.88 Å². The van der Waals surface area contributed by atoms with Gasteiger partial charge in [-0.15, -0.1) is 0 Å². The fraction of sp³-hybridized carbons (Fsp3) is 0.214. The molecule has 2 N–H and O–H groups in total. The number of nitrogens with zero attached hydrogens (tertiary/aromatic N) is 2. The molecular formula is C14H17N3O. The highest BCUT2D eigenvalue weighted by Gasteiger charge is 2.04. The molecule has 18 heavy (non-hydrogen) atoms. The van der Waals surface area contributed by atoms with Gasteiger partial charge in [0.25, 0.3) is 0 Å². The Balaban J connectivity index is 2.25. The van der Waals surface area contributed by atoms with Crippen LogP contribution in [0.3, 0.4) is 0 Å². The minimum absolute atomic E-state index is 0.583. The van der Waals surface area contributed by atoms with Crippen LogP contribution in [0, 0.1) is 6.92 Å². The van der Waals surface area contributed by atoms with E-state index >= 15 is 0 Å². The number of nitrogens with two attached hydrogens (primary N) is 1. The third-order valence-electron chi connectivity index (χ3n) is 2.60. The molecule has 0 unspecified atom stereocenters. The first-order valence-electron chi connectivity index (χ1n) is 5.73. The molecule has 0 aliphatic heterocycles. The number of anilines is 2. The number of pyridine rings is 1. The lowest BCUT2D eigenvalue weighted by molar-refractivity contribution is 0.459. The van der Waals surface area contributed by atoms with Crippen molar-refractivity contribution in [1.29, 1.82) is 0 Å². The van der Waals surface area contributed by atoms with Gasteiger partial charge in [0, 0.05) is 31.4 Å². The van der Waals surface area contributed by atoms with Crippen molar-refractivity contribution in [3.05, 3.63) is 42.1 Å². The zero-order valence-electron chi connectivity index (χ0n) is 10.8. The molecule has 2 rings (SSSR count). The molecule has 0 saturated carbocycles. The van der Waals surface area contributed by atoms with Gasteiger partial charge in [-0.1, -0.05) is 6.07 Å². The van der Waals surface area contributed by atoms with E-state index in [1.54, 1.807) is 6.20 Å². The first kappa shape index (κ1) is 12.2. The number of aryl methyl sites for hydroxylation is 1. The second-order valence-corrected chi connectivity index (χ2v) is 4.38. The quantitative estimate of drug-likeness (QED) is 0.900. The highest BCUT2D eigenvalue weighted by molar-refractivity contribution is 5.50. The normalized spacial score (nSPS) is 10.2. The number of rotatable bonds is 3. The molecule has 1 aromatic heterocycles. The first-order chi connectivity index (χ1) is 8.56. The van der Waals surface area contributed by atoms with E-state index in [1.807, 2.05) is 56.3 Å². The van der Waals surface area contributed by atoms with E-state index in [1.165, 1.54) is 0 Å². The number of nitrogen functional groups attached to an aromatic ring is 1. The van der Waals surface area contributed by atoms with Gasteiger partial charge in [-0.2, -0.15) is 0 Å². The summed E-state index contributed by atoms with van der Waals surface area (Å²) in [7, 11) is 3.98. The predicted octanol–water partition coefficient (Wildman–Crippen LogP) is 2.83. The van der Waals surface area contributed by atoms with Gasteiger partial charge in [0.15, 0.2) is 0 Å². The molecule has 1 heterocycles. The number of ether oxygens (including phenoxy) is 1. The Bertz CT molecular complexity index is 552. The van der Waals surface area contributed by atoms with Crippen molar-refractivity contribution in [2.45, 2.75) is 6.92 Å². The Kier molecular flexibility index (Phi) is 3.37. The minimum atomic E-state index is 0.583. The van der Waals surface area contributed by atoms with Crippen LogP contribution in [0.15, 0.2) is 36.5 Å². The number of benzene rings is 1. The molecule has 94 valence electrons. The van der Waals surface area contributed by atoms with Crippen LogP contribution < -0.4 is 15.4 Å². The van der Waals surface area contributed by atoms with Crippen LogP contribution in [0.2, 0.25) is 0 Å². The lowest BCUT2D eigenvalue weighted by Gasteiger charge is -2.14. The molecule has 0 spiro atoms. The molecule has 0 saturated heterocycles. The van der Waals surface area contributed by atoms with Gasteiger partial charge < -0.3 is 15.4 Å². The summed E-state index contributed by atoms with van der Waals surface area (Å²) in [6.45, 7) is 1.93. The van der Waals surface area contributed by atoms with Crippen LogP contribution in [0.1, 0.15) is 5.56 Å². The van der Waals surface area contributed by atoms with Crippen LogP contribution in [0.4, 0.5) is 11.4 Å². The summed E-state index contributed by atoms with van der Waals surface area (Å²) in [5.41, 5.74) is 8.31. The summed E-state index contributed by atoms with van der Waals surface area (Å²) in [5, 5.41) is 0. The standard InChI is InChI=1S/C14H17N3O/c1-10-7-11(15)9-16-14(10)18-13-6-4-5-12(8-13)17(2)3/h4-9H,15H2,1-3H3. The van der Waals surface area contributed by atoms with Crippen molar-refractivity contribution in [2.24, 2.45) is 0 Å². The monoisotopic (exact) mass is 243 g/mol. The highest BCUT2D eigenvalue weighted by Crippen LogP contribution is 2.26. The maximum absolute atomic E-state index is 5.76. The van der Waals surface area contributed by atoms with E-state index in [9.17, 15) is 0 Å². The lowest BCUT2D eigenvalue weighted by atomic mass is 10.2. The topological polar surface area (TPSA) is 51.4 Å². The third kappa shape index (κ3) is 2.71. The predicted molar refractivity (Wildman–Crippen MR) is 74.2 cm³/mol. The zero-order valence-corrected chi connectivity index (χ0v) is 10.8. The third-order valence-corrected chi connectivity index (χ3v) is 2.60. The average Bonchev–Trinajstić information content (AvgIpc) is 2.33.